The lowest BCUT2D eigenvalue weighted by atomic mass is 9.87. The molecule has 18 heavy (non-hydrogen) atoms. The molecule has 1 fully saturated rings. The van der Waals surface area contributed by atoms with Gasteiger partial charge in [-0.15, -0.1) is 0 Å². The molecule has 0 amide bonds. The van der Waals surface area contributed by atoms with Crippen molar-refractivity contribution in [1.29, 1.82) is 0 Å². The van der Waals surface area contributed by atoms with E-state index in [1.165, 1.54) is 6.20 Å². The highest BCUT2D eigenvalue weighted by atomic mass is 35.5. The Bertz CT molecular complexity index is 548. The SMILES string of the molecule is OC1CCC(Cn2ncc3ncc(Cl)nc32)CC1. The Hall–Kier alpha value is -1.20. The van der Waals surface area contributed by atoms with E-state index < -0.39 is 0 Å². The van der Waals surface area contributed by atoms with Crippen molar-refractivity contribution < 1.29 is 5.11 Å². The quantitative estimate of drug-likeness (QED) is 0.903. The molecule has 0 aromatic carbocycles. The lowest BCUT2D eigenvalue weighted by Gasteiger charge is -2.25. The summed E-state index contributed by atoms with van der Waals surface area (Å²) in [6.45, 7) is 0.825. The molecule has 0 radical (unpaired) electrons. The summed E-state index contributed by atoms with van der Waals surface area (Å²) in [5, 5.41) is 14.2. The first kappa shape index (κ1) is 11.9. The van der Waals surface area contributed by atoms with Crippen LogP contribution in [0.4, 0.5) is 0 Å². The summed E-state index contributed by atoms with van der Waals surface area (Å²) >= 11 is 5.86. The molecule has 0 aliphatic heterocycles. The molecule has 0 saturated heterocycles. The summed E-state index contributed by atoms with van der Waals surface area (Å²) in [6, 6.07) is 0. The minimum Gasteiger partial charge on any atom is -0.393 e. The first-order valence-electron chi connectivity index (χ1n) is 6.24. The van der Waals surface area contributed by atoms with Crippen LogP contribution in [0.25, 0.3) is 11.2 Å². The molecular formula is C12H15ClN4O. The first-order chi connectivity index (χ1) is 8.72. The van der Waals surface area contributed by atoms with E-state index in [0.29, 0.717) is 11.1 Å². The molecule has 0 atom stereocenters. The van der Waals surface area contributed by atoms with E-state index in [-0.39, 0.29) is 6.10 Å². The van der Waals surface area contributed by atoms with Gasteiger partial charge in [-0.25, -0.2) is 14.6 Å². The maximum Gasteiger partial charge on any atom is 0.178 e. The van der Waals surface area contributed by atoms with Crippen LogP contribution in [0.3, 0.4) is 0 Å². The Morgan fingerprint density at radius 1 is 1.28 bits per heavy atom. The highest BCUT2D eigenvalue weighted by molar-refractivity contribution is 6.29. The Morgan fingerprint density at radius 3 is 2.83 bits per heavy atom. The van der Waals surface area contributed by atoms with Gasteiger partial charge in [-0.05, 0) is 31.6 Å². The Kier molecular flexibility index (Phi) is 3.18. The van der Waals surface area contributed by atoms with Crippen LogP contribution >= 0.6 is 11.6 Å². The van der Waals surface area contributed by atoms with E-state index in [4.69, 9.17) is 11.6 Å². The van der Waals surface area contributed by atoms with Crippen molar-refractivity contribution in [3.63, 3.8) is 0 Å². The van der Waals surface area contributed by atoms with Crippen LogP contribution in [0.1, 0.15) is 25.7 Å². The highest BCUT2D eigenvalue weighted by Gasteiger charge is 2.20. The van der Waals surface area contributed by atoms with Crippen LogP contribution in [0.15, 0.2) is 12.4 Å². The fourth-order valence-corrected chi connectivity index (χ4v) is 2.66. The van der Waals surface area contributed by atoms with Crippen molar-refractivity contribution in [2.45, 2.75) is 38.3 Å². The Balaban J connectivity index is 1.80. The topological polar surface area (TPSA) is 63.8 Å². The van der Waals surface area contributed by atoms with Gasteiger partial charge in [0, 0.05) is 6.54 Å². The van der Waals surface area contributed by atoms with Crippen molar-refractivity contribution in [2.75, 3.05) is 0 Å². The average molecular weight is 267 g/mol. The normalized spacial score (nSPS) is 24.6. The number of halogens is 1. The van der Waals surface area contributed by atoms with Gasteiger partial charge < -0.3 is 5.11 Å². The molecule has 1 aliphatic rings. The van der Waals surface area contributed by atoms with E-state index >= 15 is 0 Å². The predicted octanol–water partition coefficient (Wildman–Crippen LogP) is 2.03. The van der Waals surface area contributed by atoms with E-state index in [9.17, 15) is 5.11 Å². The van der Waals surface area contributed by atoms with Crippen molar-refractivity contribution in [1.82, 2.24) is 19.7 Å². The number of hydrogen-bond donors (Lipinski definition) is 1. The Morgan fingerprint density at radius 2 is 2.06 bits per heavy atom. The number of rotatable bonds is 2. The molecule has 0 spiro atoms. The molecule has 6 heteroatoms. The molecule has 1 saturated carbocycles. The first-order valence-corrected chi connectivity index (χ1v) is 6.62. The lowest BCUT2D eigenvalue weighted by Crippen LogP contribution is -2.22. The van der Waals surface area contributed by atoms with Crippen LogP contribution < -0.4 is 0 Å². The Labute approximate surface area is 110 Å². The molecule has 96 valence electrons. The maximum absolute atomic E-state index is 9.50. The average Bonchev–Trinajstić information content (AvgIpc) is 2.75. The third-order valence-electron chi connectivity index (χ3n) is 3.56. The monoisotopic (exact) mass is 266 g/mol. The smallest absolute Gasteiger partial charge is 0.178 e. The third kappa shape index (κ3) is 2.33. The molecule has 2 heterocycles. The van der Waals surface area contributed by atoms with E-state index in [1.807, 2.05) is 4.68 Å². The predicted molar refractivity (Wildman–Crippen MR) is 68.3 cm³/mol. The maximum atomic E-state index is 9.50. The zero-order chi connectivity index (χ0) is 12.5. The standard InChI is InChI=1S/C12H15ClN4O/c13-11-6-14-10-5-15-17(12(10)16-11)7-8-1-3-9(18)4-2-8/h5-6,8-9,18H,1-4,7H2. The number of aliphatic hydroxyl groups excluding tert-OH is 1. The molecule has 2 aromatic rings. The lowest BCUT2D eigenvalue weighted by molar-refractivity contribution is 0.103. The number of hydrogen-bond acceptors (Lipinski definition) is 4. The third-order valence-corrected chi connectivity index (χ3v) is 3.75. The molecular weight excluding hydrogens is 252 g/mol. The van der Waals surface area contributed by atoms with Crippen molar-refractivity contribution in [3.8, 4) is 0 Å². The van der Waals surface area contributed by atoms with Gasteiger partial charge in [0.15, 0.2) is 5.65 Å². The molecule has 0 unspecified atom stereocenters. The van der Waals surface area contributed by atoms with E-state index in [0.717, 1.165) is 43.4 Å². The second-order valence-corrected chi connectivity index (χ2v) is 5.29. The van der Waals surface area contributed by atoms with Gasteiger partial charge in [-0.3, -0.25) is 0 Å². The van der Waals surface area contributed by atoms with Gasteiger partial charge in [0.1, 0.15) is 10.7 Å². The number of aliphatic hydroxyl groups is 1. The summed E-state index contributed by atoms with van der Waals surface area (Å²) in [7, 11) is 0. The van der Waals surface area contributed by atoms with Crippen LogP contribution in [0.2, 0.25) is 5.15 Å². The fraction of sp³-hybridized carbons (Fsp3) is 0.583. The number of aromatic nitrogens is 4. The molecule has 3 rings (SSSR count). The highest BCUT2D eigenvalue weighted by Crippen LogP contribution is 2.26. The summed E-state index contributed by atoms with van der Waals surface area (Å²) in [6.07, 6.45) is 6.98. The molecule has 5 nitrogen and oxygen atoms in total. The number of fused-ring (bicyclic) bond motifs is 1. The number of nitrogens with zero attached hydrogens (tertiary/aromatic N) is 4. The minimum absolute atomic E-state index is 0.121. The van der Waals surface area contributed by atoms with Crippen molar-refractivity contribution in [2.24, 2.45) is 5.92 Å². The fourth-order valence-electron chi connectivity index (χ4n) is 2.53. The summed E-state index contributed by atoms with van der Waals surface area (Å²) in [5.41, 5.74) is 1.52. The molecule has 1 aliphatic carbocycles. The summed E-state index contributed by atoms with van der Waals surface area (Å²) in [4.78, 5) is 8.46. The van der Waals surface area contributed by atoms with Crippen molar-refractivity contribution in [3.05, 3.63) is 17.5 Å². The van der Waals surface area contributed by atoms with Gasteiger partial charge in [0.05, 0.1) is 18.5 Å². The van der Waals surface area contributed by atoms with E-state index in [2.05, 4.69) is 15.1 Å². The van der Waals surface area contributed by atoms with Crippen LogP contribution in [0, 0.1) is 5.92 Å². The molecule has 0 bridgehead atoms. The summed E-state index contributed by atoms with van der Waals surface area (Å²) in [5.74, 6) is 0.553. The van der Waals surface area contributed by atoms with Gasteiger partial charge in [-0.2, -0.15) is 5.10 Å². The van der Waals surface area contributed by atoms with Crippen LogP contribution in [0.5, 0.6) is 0 Å². The molecule has 2 aromatic heterocycles. The minimum atomic E-state index is -0.121. The second kappa shape index (κ2) is 4.82. The van der Waals surface area contributed by atoms with E-state index in [1.54, 1.807) is 6.20 Å². The van der Waals surface area contributed by atoms with Crippen molar-refractivity contribution >= 4 is 22.8 Å². The second-order valence-electron chi connectivity index (χ2n) is 4.90. The zero-order valence-electron chi connectivity index (χ0n) is 9.96. The summed E-state index contributed by atoms with van der Waals surface area (Å²) < 4.78 is 1.87. The van der Waals surface area contributed by atoms with Gasteiger partial charge in [0.2, 0.25) is 0 Å². The van der Waals surface area contributed by atoms with Gasteiger partial charge in [-0.1, -0.05) is 11.6 Å². The largest absolute Gasteiger partial charge is 0.393 e. The van der Waals surface area contributed by atoms with Crippen LogP contribution in [-0.2, 0) is 6.54 Å². The van der Waals surface area contributed by atoms with Gasteiger partial charge >= 0.3 is 0 Å². The molecule has 1 N–H and O–H groups in total. The van der Waals surface area contributed by atoms with Gasteiger partial charge in [0.25, 0.3) is 0 Å². The van der Waals surface area contributed by atoms with Crippen LogP contribution in [-0.4, -0.2) is 31.0 Å². The zero-order valence-corrected chi connectivity index (χ0v) is 10.7.